The number of ether oxygens (including phenoxy) is 1. The lowest BCUT2D eigenvalue weighted by Crippen LogP contribution is -2.56. The predicted molar refractivity (Wildman–Crippen MR) is 99.4 cm³/mol. The summed E-state index contributed by atoms with van der Waals surface area (Å²) >= 11 is 0. The van der Waals surface area contributed by atoms with Crippen molar-refractivity contribution in [3.63, 3.8) is 0 Å². The van der Waals surface area contributed by atoms with Gasteiger partial charge in [-0.2, -0.15) is 0 Å². The van der Waals surface area contributed by atoms with Gasteiger partial charge in [-0.05, 0) is 23.3 Å². The van der Waals surface area contributed by atoms with Gasteiger partial charge in [0.15, 0.2) is 0 Å². The average Bonchev–Trinajstić information content (AvgIpc) is 2.72. The molecular weight excluding hydrogens is 380 g/mol. The number of amides is 2. The molecule has 0 bridgehead atoms. The molecule has 2 atom stereocenters. The van der Waals surface area contributed by atoms with Crippen LogP contribution in [0.5, 0.6) is 5.75 Å². The summed E-state index contributed by atoms with van der Waals surface area (Å²) in [5.41, 5.74) is 1.35. The van der Waals surface area contributed by atoms with Crippen LogP contribution in [-0.2, 0) is 27.4 Å². The van der Waals surface area contributed by atoms with Crippen molar-refractivity contribution >= 4 is 18.0 Å². The van der Waals surface area contributed by atoms with Crippen LogP contribution in [0.2, 0.25) is 0 Å². The highest BCUT2D eigenvalue weighted by Crippen LogP contribution is 2.12. The number of nitrogens with one attached hydrogen (secondary N) is 2. The zero-order chi connectivity index (χ0) is 21.2. The van der Waals surface area contributed by atoms with E-state index in [0.29, 0.717) is 5.56 Å². The largest absolute Gasteiger partial charge is 0.548 e. The van der Waals surface area contributed by atoms with Crippen LogP contribution in [0.15, 0.2) is 54.6 Å². The van der Waals surface area contributed by atoms with Crippen molar-refractivity contribution in [3.8, 4) is 5.75 Å². The van der Waals surface area contributed by atoms with E-state index in [2.05, 4.69) is 10.6 Å². The number of phenols is 1. The van der Waals surface area contributed by atoms with Crippen LogP contribution in [0.4, 0.5) is 4.79 Å². The number of benzene rings is 2. The number of aliphatic hydroxyl groups is 1. The Labute approximate surface area is 166 Å². The molecule has 9 nitrogen and oxygen atoms in total. The first-order chi connectivity index (χ1) is 13.9. The first kappa shape index (κ1) is 21.7. The van der Waals surface area contributed by atoms with E-state index >= 15 is 0 Å². The predicted octanol–water partition coefficient (Wildman–Crippen LogP) is -0.543. The molecule has 2 rings (SSSR count). The molecule has 0 unspecified atom stereocenters. The van der Waals surface area contributed by atoms with Crippen molar-refractivity contribution < 1.29 is 34.4 Å². The normalized spacial score (nSPS) is 12.4. The molecule has 4 N–H and O–H groups in total. The van der Waals surface area contributed by atoms with E-state index in [1.807, 2.05) is 6.07 Å². The van der Waals surface area contributed by atoms with E-state index in [-0.39, 0.29) is 18.8 Å². The summed E-state index contributed by atoms with van der Waals surface area (Å²) in [5.74, 6) is -2.46. The number of carboxylic acid groups (broad SMARTS) is 1. The van der Waals surface area contributed by atoms with Crippen LogP contribution < -0.4 is 15.7 Å². The quantitative estimate of drug-likeness (QED) is 0.441. The van der Waals surface area contributed by atoms with Gasteiger partial charge in [0, 0.05) is 6.42 Å². The second kappa shape index (κ2) is 10.7. The number of aliphatic carboxylic acids is 1. The molecule has 0 saturated carbocycles. The lowest BCUT2D eigenvalue weighted by molar-refractivity contribution is -0.309. The average molecular weight is 401 g/mol. The van der Waals surface area contributed by atoms with Crippen LogP contribution in [0.25, 0.3) is 0 Å². The van der Waals surface area contributed by atoms with E-state index in [9.17, 15) is 24.6 Å². The molecule has 0 aliphatic carbocycles. The SMILES string of the molecule is O=C(N[C@H](Cc1ccc(O)cc1)C(=O)N[C@H](CO)C(=O)[O-])OCc1ccccc1. The summed E-state index contributed by atoms with van der Waals surface area (Å²) in [4.78, 5) is 35.5. The maximum atomic E-state index is 12.5. The molecule has 0 aliphatic rings. The van der Waals surface area contributed by atoms with Gasteiger partial charge in [0.05, 0.1) is 18.6 Å². The number of hydrogen-bond donors (Lipinski definition) is 4. The third-order valence-electron chi connectivity index (χ3n) is 3.98. The number of carboxylic acids is 1. The molecule has 9 heteroatoms. The molecule has 2 aromatic rings. The van der Waals surface area contributed by atoms with Crippen LogP contribution in [-0.4, -0.2) is 46.9 Å². The zero-order valence-electron chi connectivity index (χ0n) is 15.4. The maximum absolute atomic E-state index is 12.5. The first-order valence-electron chi connectivity index (χ1n) is 8.76. The maximum Gasteiger partial charge on any atom is 0.408 e. The van der Waals surface area contributed by atoms with E-state index in [1.54, 1.807) is 36.4 Å². The molecule has 0 aromatic heterocycles. The van der Waals surface area contributed by atoms with Crippen LogP contribution >= 0.6 is 0 Å². The van der Waals surface area contributed by atoms with Crippen molar-refractivity contribution in [1.82, 2.24) is 10.6 Å². The number of hydrogen-bond acceptors (Lipinski definition) is 7. The Morgan fingerprint density at radius 1 is 0.931 bits per heavy atom. The van der Waals surface area contributed by atoms with Crippen molar-refractivity contribution in [1.29, 1.82) is 0 Å². The Morgan fingerprint density at radius 3 is 2.17 bits per heavy atom. The number of rotatable bonds is 9. The minimum Gasteiger partial charge on any atom is -0.548 e. The molecule has 2 amide bonds. The molecule has 0 spiro atoms. The molecule has 0 saturated heterocycles. The standard InChI is InChI=1S/C20H22N2O7/c23-11-17(19(26)27)21-18(25)16(10-13-6-8-15(24)9-7-13)22-20(28)29-12-14-4-2-1-3-5-14/h1-9,16-17,23-24H,10-12H2,(H,21,25)(H,22,28)(H,26,27)/p-1/t16-,17-/m1/s1. The summed E-state index contributed by atoms with van der Waals surface area (Å²) in [7, 11) is 0. The second-order valence-electron chi connectivity index (χ2n) is 6.19. The number of aliphatic hydroxyl groups excluding tert-OH is 1. The van der Waals surface area contributed by atoms with Crippen LogP contribution in [0, 0.1) is 0 Å². The molecule has 0 fully saturated rings. The fraction of sp³-hybridized carbons (Fsp3) is 0.250. The van der Waals surface area contributed by atoms with Gasteiger partial charge in [-0.25, -0.2) is 4.79 Å². The van der Waals surface area contributed by atoms with E-state index < -0.39 is 36.7 Å². The van der Waals surface area contributed by atoms with E-state index in [4.69, 9.17) is 9.84 Å². The summed E-state index contributed by atoms with van der Waals surface area (Å²) in [6.07, 6.45) is -0.876. The van der Waals surface area contributed by atoms with Crippen molar-refractivity contribution in [2.75, 3.05) is 6.61 Å². The molecule has 0 aliphatic heterocycles. The van der Waals surface area contributed by atoms with Crippen molar-refractivity contribution in [2.45, 2.75) is 25.1 Å². The van der Waals surface area contributed by atoms with E-state index in [0.717, 1.165) is 5.56 Å². The molecule has 2 aromatic carbocycles. The monoisotopic (exact) mass is 401 g/mol. The zero-order valence-corrected chi connectivity index (χ0v) is 15.4. The Balaban J connectivity index is 2.05. The minimum absolute atomic E-state index is 0.00224. The first-order valence-corrected chi connectivity index (χ1v) is 8.76. The Morgan fingerprint density at radius 2 is 1.59 bits per heavy atom. The Hall–Kier alpha value is -3.59. The number of phenolic OH excluding ortho intramolecular Hbond substituents is 1. The summed E-state index contributed by atoms with van der Waals surface area (Å²) in [6, 6.07) is 12.0. The van der Waals surface area contributed by atoms with Gasteiger partial charge in [-0.1, -0.05) is 42.5 Å². The third-order valence-corrected chi connectivity index (χ3v) is 3.98. The summed E-state index contributed by atoms with van der Waals surface area (Å²) in [6.45, 7) is -0.878. The molecule has 0 heterocycles. The highest BCUT2D eigenvalue weighted by atomic mass is 16.5. The lowest BCUT2D eigenvalue weighted by Gasteiger charge is -2.23. The van der Waals surface area contributed by atoms with Gasteiger partial charge in [0.1, 0.15) is 18.4 Å². The minimum atomic E-state index is -1.66. The van der Waals surface area contributed by atoms with Crippen LogP contribution in [0.3, 0.4) is 0 Å². The van der Waals surface area contributed by atoms with E-state index in [1.165, 1.54) is 12.1 Å². The van der Waals surface area contributed by atoms with Crippen molar-refractivity contribution in [2.24, 2.45) is 0 Å². The van der Waals surface area contributed by atoms with Crippen LogP contribution in [0.1, 0.15) is 11.1 Å². The molecule has 154 valence electrons. The second-order valence-corrected chi connectivity index (χ2v) is 6.19. The summed E-state index contributed by atoms with van der Waals surface area (Å²) in [5, 5.41) is 33.9. The Bertz CT molecular complexity index is 824. The van der Waals surface area contributed by atoms with Gasteiger partial charge in [0.2, 0.25) is 5.91 Å². The number of aromatic hydroxyl groups is 1. The highest BCUT2D eigenvalue weighted by molar-refractivity contribution is 5.89. The summed E-state index contributed by atoms with van der Waals surface area (Å²) < 4.78 is 5.10. The molecule has 29 heavy (non-hydrogen) atoms. The Kier molecular flexibility index (Phi) is 7.99. The fourth-order valence-corrected chi connectivity index (χ4v) is 2.44. The van der Waals surface area contributed by atoms with Gasteiger partial charge in [-0.15, -0.1) is 0 Å². The number of alkyl carbamates (subject to hydrolysis) is 1. The lowest BCUT2D eigenvalue weighted by atomic mass is 10.0. The van der Waals surface area contributed by atoms with Gasteiger partial charge >= 0.3 is 6.09 Å². The smallest absolute Gasteiger partial charge is 0.408 e. The fourth-order valence-electron chi connectivity index (χ4n) is 2.44. The number of carbonyl (C=O) groups is 3. The molecular formula is C20H21N2O7-. The number of carbonyl (C=O) groups excluding carboxylic acids is 3. The van der Waals surface area contributed by atoms with Gasteiger partial charge < -0.3 is 35.5 Å². The highest BCUT2D eigenvalue weighted by Gasteiger charge is 2.24. The topological polar surface area (TPSA) is 148 Å². The van der Waals surface area contributed by atoms with Crippen molar-refractivity contribution in [3.05, 3.63) is 65.7 Å². The molecule has 0 radical (unpaired) electrons. The van der Waals surface area contributed by atoms with Gasteiger partial charge in [-0.3, -0.25) is 4.79 Å². The van der Waals surface area contributed by atoms with Gasteiger partial charge in [0.25, 0.3) is 0 Å². The third kappa shape index (κ3) is 7.15.